The molecule has 1 aromatic carbocycles. The standard InChI is InChI=1S/C11H12F3NO4S/c1-6(2)19-10(16)7-4-3-5-8(11(12,13)14)9(7)20(15,17)18/h3-6H,1-2H3,(H2,15,17,18). The van der Waals surface area contributed by atoms with E-state index in [1.54, 1.807) is 0 Å². The highest BCUT2D eigenvalue weighted by Gasteiger charge is 2.39. The highest BCUT2D eigenvalue weighted by Crippen LogP contribution is 2.35. The van der Waals surface area contributed by atoms with Gasteiger partial charge in [0.25, 0.3) is 0 Å². The summed E-state index contributed by atoms with van der Waals surface area (Å²) in [4.78, 5) is 10.4. The molecule has 112 valence electrons. The topological polar surface area (TPSA) is 86.5 Å². The fourth-order valence-corrected chi connectivity index (χ4v) is 2.45. The van der Waals surface area contributed by atoms with Gasteiger partial charge in [0.15, 0.2) is 0 Å². The number of sulfonamides is 1. The summed E-state index contributed by atoms with van der Waals surface area (Å²) in [6.07, 6.45) is -5.58. The molecule has 0 atom stereocenters. The third-order valence-corrected chi connectivity index (χ3v) is 3.18. The van der Waals surface area contributed by atoms with E-state index in [-0.39, 0.29) is 0 Å². The van der Waals surface area contributed by atoms with Gasteiger partial charge in [0.2, 0.25) is 10.0 Å². The monoisotopic (exact) mass is 311 g/mol. The summed E-state index contributed by atoms with van der Waals surface area (Å²) in [6.45, 7) is 2.95. The maximum absolute atomic E-state index is 12.8. The molecule has 9 heteroatoms. The van der Waals surface area contributed by atoms with E-state index in [1.807, 2.05) is 0 Å². The molecule has 0 aliphatic carbocycles. The number of primary sulfonamides is 1. The van der Waals surface area contributed by atoms with E-state index < -0.39 is 44.3 Å². The smallest absolute Gasteiger partial charge is 0.417 e. The molecule has 0 aliphatic rings. The van der Waals surface area contributed by atoms with Crippen molar-refractivity contribution in [1.82, 2.24) is 0 Å². The van der Waals surface area contributed by atoms with Crippen LogP contribution < -0.4 is 5.14 Å². The number of carbonyl (C=O) groups is 1. The Labute approximate surface area is 113 Å². The molecule has 0 bridgehead atoms. The van der Waals surface area contributed by atoms with E-state index in [0.29, 0.717) is 6.07 Å². The highest BCUT2D eigenvalue weighted by molar-refractivity contribution is 7.89. The number of esters is 1. The summed E-state index contributed by atoms with van der Waals surface area (Å²) < 4.78 is 65.9. The summed E-state index contributed by atoms with van der Waals surface area (Å²) in [5, 5.41) is 4.79. The average Bonchev–Trinajstić information content (AvgIpc) is 2.24. The Bertz CT molecular complexity index is 623. The third kappa shape index (κ3) is 3.70. The summed E-state index contributed by atoms with van der Waals surface area (Å²) in [7, 11) is -4.75. The minimum atomic E-state index is -4.96. The van der Waals surface area contributed by atoms with Gasteiger partial charge in [-0.1, -0.05) is 6.07 Å². The second-order valence-corrected chi connectivity index (χ2v) is 5.68. The van der Waals surface area contributed by atoms with Crippen LogP contribution in [0, 0.1) is 0 Å². The predicted molar refractivity (Wildman–Crippen MR) is 63.4 cm³/mol. The second kappa shape index (κ2) is 5.41. The van der Waals surface area contributed by atoms with Crippen molar-refractivity contribution in [1.29, 1.82) is 0 Å². The minimum absolute atomic E-state index is 0.534. The molecule has 0 spiro atoms. The lowest BCUT2D eigenvalue weighted by Gasteiger charge is -2.15. The van der Waals surface area contributed by atoms with Crippen LogP contribution in [0.25, 0.3) is 0 Å². The van der Waals surface area contributed by atoms with E-state index in [4.69, 9.17) is 9.88 Å². The number of ether oxygens (including phenoxy) is 1. The molecule has 0 saturated carbocycles. The molecule has 0 heterocycles. The number of hydrogen-bond donors (Lipinski definition) is 1. The van der Waals surface area contributed by atoms with Gasteiger partial charge in [0, 0.05) is 0 Å². The molecule has 5 nitrogen and oxygen atoms in total. The number of nitrogens with two attached hydrogens (primary N) is 1. The first-order valence-electron chi connectivity index (χ1n) is 5.38. The van der Waals surface area contributed by atoms with Crippen molar-refractivity contribution >= 4 is 16.0 Å². The maximum Gasteiger partial charge on any atom is 0.417 e. The first-order valence-corrected chi connectivity index (χ1v) is 6.93. The van der Waals surface area contributed by atoms with Gasteiger partial charge >= 0.3 is 12.1 Å². The summed E-state index contributed by atoms with van der Waals surface area (Å²) in [5.41, 5.74) is -2.24. The van der Waals surface area contributed by atoms with Crippen molar-refractivity contribution in [3.63, 3.8) is 0 Å². The van der Waals surface area contributed by atoms with Crippen LogP contribution in [0.4, 0.5) is 13.2 Å². The van der Waals surface area contributed by atoms with Crippen LogP contribution in [0.1, 0.15) is 29.8 Å². The molecule has 0 saturated heterocycles. The van der Waals surface area contributed by atoms with Crippen molar-refractivity contribution in [3.8, 4) is 0 Å². The zero-order chi connectivity index (χ0) is 15.7. The summed E-state index contributed by atoms with van der Waals surface area (Å²) in [6, 6.07) is 2.36. The average molecular weight is 311 g/mol. The van der Waals surface area contributed by atoms with Gasteiger partial charge in [-0.2, -0.15) is 13.2 Å². The molecular formula is C11H12F3NO4S. The highest BCUT2D eigenvalue weighted by atomic mass is 32.2. The fourth-order valence-electron chi connectivity index (χ4n) is 1.51. The molecule has 0 unspecified atom stereocenters. The van der Waals surface area contributed by atoms with Crippen molar-refractivity contribution in [2.75, 3.05) is 0 Å². The lowest BCUT2D eigenvalue weighted by Crippen LogP contribution is -2.24. The summed E-state index contributed by atoms with van der Waals surface area (Å²) in [5.74, 6) is -1.19. The van der Waals surface area contributed by atoms with Crippen LogP contribution >= 0.6 is 0 Å². The SMILES string of the molecule is CC(C)OC(=O)c1cccc(C(F)(F)F)c1S(N)(=O)=O. The molecule has 0 aliphatic heterocycles. The number of benzene rings is 1. The van der Waals surface area contributed by atoms with Gasteiger partial charge in [-0.15, -0.1) is 0 Å². The first-order chi connectivity index (χ1) is 8.94. The van der Waals surface area contributed by atoms with Crippen LogP contribution in [0.5, 0.6) is 0 Å². The molecule has 0 radical (unpaired) electrons. The van der Waals surface area contributed by atoms with E-state index in [9.17, 15) is 26.4 Å². The Kier molecular flexibility index (Phi) is 4.45. The molecule has 20 heavy (non-hydrogen) atoms. The van der Waals surface area contributed by atoms with Gasteiger partial charge in [-0.25, -0.2) is 18.4 Å². The lowest BCUT2D eigenvalue weighted by molar-refractivity contribution is -0.139. The Morgan fingerprint density at radius 2 is 1.85 bits per heavy atom. The quantitative estimate of drug-likeness (QED) is 0.864. The first kappa shape index (κ1) is 16.4. The van der Waals surface area contributed by atoms with Gasteiger partial charge < -0.3 is 4.74 Å². The van der Waals surface area contributed by atoms with Crippen LogP contribution in [0.3, 0.4) is 0 Å². The van der Waals surface area contributed by atoms with Crippen molar-refractivity contribution in [2.45, 2.75) is 31.0 Å². The Morgan fingerprint density at radius 3 is 2.25 bits per heavy atom. The summed E-state index contributed by atoms with van der Waals surface area (Å²) >= 11 is 0. The zero-order valence-corrected chi connectivity index (χ0v) is 11.4. The number of alkyl halides is 3. The van der Waals surface area contributed by atoms with Crippen molar-refractivity contribution in [3.05, 3.63) is 29.3 Å². The number of carbonyl (C=O) groups excluding carboxylic acids is 1. The molecular weight excluding hydrogens is 299 g/mol. The predicted octanol–water partition coefficient (Wildman–Crippen LogP) is 1.92. The Hall–Kier alpha value is -1.61. The Morgan fingerprint density at radius 1 is 1.30 bits per heavy atom. The molecule has 2 N–H and O–H groups in total. The fraction of sp³-hybridized carbons (Fsp3) is 0.364. The minimum Gasteiger partial charge on any atom is -0.459 e. The third-order valence-electron chi connectivity index (χ3n) is 2.17. The van der Waals surface area contributed by atoms with Gasteiger partial charge in [0.1, 0.15) is 4.90 Å². The normalized spacial score (nSPS) is 12.6. The molecule has 0 fully saturated rings. The lowest BCUT2D eigenvalue weighted by atomic mass is 10.1. The maximum atomic E-state index is 12.8. The zero-order valence-electron chi connectivity index (χ0n) is 10.6. The van der Waals surface area contributed by atoms with Gasteiger partial charge in [0.05, 0.1) is 17.2 Å². The van der Waals surface area contributed by atoms with Crippen LogP contribution in [0.2, 0.25) is 0 Å². The van der Waals surface area contributed by atoms with Crippen LogP contribution in [0.15, 0.2) is 23.1 Å². The van der Waals surface area contributed by atoms with Gasteiger partial charge in [-0.05, 0) is 26.0 Å². The largest absolute Gasteiger partial charge is 0.459 e. The van der Waals surface area contributed by atoms with E-state index >= 15 is 0 Å². The molecule has 0 aromatic heterocycles. The van der Waals surface area contributed by atoms with Crippen molar-refractivity contribution in [2.24, 2.45) is 5.14 Å². The number of halogens is 3. The van der Waals surface area contributed by atoms with E-state index in [1.165, 1.54) is 13.8 Å². The number of hydrogen-bond acceptors (Lipinski definition) is 4. The number of rotatable bonds is 3. The van der Waals surface area contributed by atoms with Crippen molar-refractivity contribution < 1.29 is 31.1 Å². The Balaban J connectivity index is 3.59. The van der Waals surface area contributed by atoms with Crippen LogP contribution in [-0.4, -0.2) is 20.5 Å². The van der Waals surface area contributed by atoms with Crippen LogP contribution in [-0.2, 0) is 20.9 Å². The second-order valence-electron chi connectivity index (χ2n) is 4.18. The molecule has 1 aromatic rings. The molecule has 0 amide bonds. The van der Waals surface area contributed by atoms with E-state index in [0.717, 1.165) is 12.1 Å². The van der Waals surface area contributed by atoms with E-state index in [2.05, 4.69) is 0 Å². The molecule has 1 rings (SSSR count). The van der Waals surface area contributed by atoms with Gasteiger partial charge in [-0.3, -0.25) is 0 Å².